The third-order valence-corrected chi connectivity index (χ3v) is 3.80. The average molecular weight is 341 g/mol. The maximum Gasteiger partial charge on any atom is 0.342 e. The van der Waals surface area contributed by atoms with Gasteiger partial charge in [-0.2, -0.15) is 0 Å². The Morgan fingerprint density at radius 1 is 1.04 bits per heavy atom. The van der Waals surface area contributed by atoms with Crippen LogP contribution in [0, 0.1) is 13.8 Å². The second-order valence-corrected chi connectivity index (χ2v) is 5.70. The summed E-state index contributed by atoms with van der Waals surface area (Å²) >= 11 is 0. The van der Waals surface area contributed by atoms with E-state index in [1.807, 2.05) is 39.0 Å². The number of benzene rings is 2. The molecule has 5 nitrogen and oxygen atoms in total. The minimum atomic E-state index is -0.578. The van der Waals surface area contributed by atoms with Crippen LogP contribution in [0.3, 0.4) is 0 Å². The summed E-state index contributed by atoms with van der Waals surface area (Å²) in [5.41, 5.74) is 3.69. The Bertz CT molecular complexity index is 755. The Morgan fingerprint density at radius 3 is 2.52 bits per heavy atom. The van der Waals surface area contributed by atoms with Crippen molar-refractivity contribution in [1.82, 2.24) is 5.32 Å². The monoisotopic (exact) mass is 341 g/mol. The molecule has 2 aromatic carbocycles. The first-order valence-electron chi connectivity index (χ1n) is 8.23. The minimum absolute atomic E-state index is 0.311. The molecule has 0 radical (unpaired) electrons. The summed E-state index contributed by atoms with van der Waals surface area (Å²) in [6, 6.07) is 12.8. The van der Waals surface area contributed by atoms with Crippen molar-refractivity contribution in [1.29, 1.82) is 0 Å². The number of nitrogens with one attached hydrogen (secondary N) is 1. The molecule has 0 heterocycles. The Kier molecular flexibility index (Phi) is 6.57. The first-order chi connectivity index (χ1) is 12.0. The lowest BCUT2D eigenvalue weighted by Gasteiger charge is -2.10. The number of carbonyl (C=O) groups is 2. The number of amides is 1. The van der Waals surface area contributed by atoms with Gasteiger partial charge in [0, 0.05) is 6.54 Å². The van der Waals surface area contributed by atoms with Gasteiger partial charge in [0.1, 0.15) is 11.3 Å². The van der Waals surface area contributed by atoms with E-state index in [1.54, 1.807) is 24.3 Å². The van der Waals surface area contributed by atoms with Crippen molar-refractivity contribution in [3.05, 3.63) is 64.7 Å². The van der Waals surface area contributed by atoms with E-state index in [1.165, 1.54) is 11.1 Å². The molecule has 5 heteroatoms. The molecule has 0 aliphatic heterocycles. The molecule has 0 aliphatic rings. The predicted octanol–water partition coefficient (Wildman–Crippen LogP) is 3.18. The van der Waals surface area contributed by atoms with Crippen molar-refractivity contribution in [2.24, 2.45) is 0 Å². The summed E-state index contributed by atoms with van der Waals surface area (Å²) in [6.07, 6.45) is 0. The zero-order chi connectivity index (χ0) is 18.2. The largest absolute Gasteiger partial charge is 0.493 e. The molecule has 25 heavy (non-hydrogen) atoms. The van der Waals surface area contributed by atoms with Gasteiger partial charge in [-0.1, -0.05) is 30.3 Å². The van der Waals surface area contributed by atoms with E-state index in [-0.39, 0.29) is 12.5 Å². The highest BCUT2D eigenvalue weighted by Crippen LogP contribution is 2.18. The van der Waals surface area contributed by atoms with Crippen LogP contribution in [0.4, 0.5) is 0 Å². The van der Waals surface area contributed by atoms with E-state index >= 15 is 0 Å². The van der Waals surface area contributed by atoms with Gasteiger partial charge in [0.05, 0.1) is 6.61 Å². The van der Waals surface area contributed by atoms with Crippen LogP contribution in [0.15, 0.2) is 42.5 Å². The van der Waals surface area contributed by atoms with Crippen LogP contribution >= 0.6 is 0 Å². The number of carbonyl (C=O) groups excluding carboxylic acids is 2. The molecule has 0 aliphatic carbocycles. The maximum atomic E-state index is 12.1. The van der Waals surface area contributed by atoms with Gasteiger partial charge in [-0.3, -0.25) is 4.79 Å². The molecule has 0 saturated heterocycles. The normalized spacial score (nSPS) is 10.2. The van der Waals surface area contributed by atoms with Crippen LogP contribution in [0.1, 0.15) is 34.0 Å². The van der Waals surface area contributed by atoms with Gasteiger partial charge in [-0.25, -0.2) is 4.79 Å². The number of hydrogen-bond acceptors (Lipinski definition) is 4. The molecule has 0 fully saturated rings. The van der Waals surface area contributed by atoms with Gasteiger partial charge in [-0.05, 0) is 49.6 Å². The number of para-hydroxylation sites is 1. The molecule has 2 rings (SSSR count). The molecule has 132 valence electrons. The molecule has 2 aromatic rings. The van der Waals surface area contributed by atoms with Crippen molar-refractivity contribution >= 4 is 11.9 Å². The second kappa shape index (κ2) is 8.87. The summed E-state index contributed by atoms with van der Waals surface area (Å²) in [4.78, 5) is 24.0. The minimum Gasteiger partial charge on any atom is -0.493 e. The van der Waals surface area contributed by atoms with Crippen molar-refractivity contribution < 1.29 is 19.1 Å². The third-order valence-electron chi connectivity index (χ3n) is 3.80. The summed E-state index contributed by atoms with van der Waals surface area (Å²) < 4.78 is 10.5. The first-order valence-corrected chi connectivity index (χ1v) is 8.23. The van der Waals surface area contributed by atoms with Gasteiger partial charge in [0.2, 0.25) is 0 Å². The SMILES string of the molecule is CCOc1ccccc1C(=O)OCC(=O)NCc1ccc(C)c(C)c1. The van der Waals surface area contributed by atoms with Gasteiger partial charge in [0.25, 0.3) is 5.91 Å². The van der Waals surface area contributed by atoms with Crippen LogP contribution in [-0.2, 0) is 16.1 Å². The number of aryl methyl sites for hydroxylation is 2. The highest BCUT2D eigenvalue weighted by Gasteiger charge is 2.15. The molecule has 1 N–H and O–H groups in total. The Balaban J connectivity index is 1.85. The van der Waals surface area contributed by atoms with Crippen molar-refractivity contribution in [2.45, 2.75) is 27.3 Å². The quantitative estimate of drug-likeness (QED) is 0.786. The zero-order valence-electron chi connectivity index (χ0n) is 14.8. The van der Waals surface area contributed by atoms with Crippen molar-refractivity contribution in [2.75, 3.05) is 13.2 Å². The Labute approximate surface area is 148 Å². The van der Waals surface area contributed by atoms with E-state index in [9.17, 15) is 9.59 Å². The molecule has 0 spiro atoms. The number of rotatable bonds is 7. The highest BCUT2D eigenvalue weighted by atomic mass is 16.5. The van der Waals surface area contributed by atoms with E-state index in [4.69, 9.17) is 9.47 Å². The lowest BCUT2D eigenvalue weighted by atomic mass is 10.1. The van der Waals surface area contributed by atoms with E-state index in [2.05, 4.69) is 5.32 Å². The smallest absolute Gasteiger partial charge is 0.342 e. The number of hydrogen-bond donors (Lipinski definition) is 1. The fourth-order valence-electron chi connectivity index (χ4n) is 2.29. The summed E-state index contributed by atoms with van der Waals surface area (Å²) in [5.74, 6) is -0.476. The number of ether oxygens (including phenoxy) is 2. The van der Waals surface area contributed by atoms with Gasteiger partial charge in [0.15, 0.2) is 6.61 Å². The van der Waals surface area contributed by atoms with E-state index in [0.29, 0.717) is 24.5 Å². The van der Waals surface area contributed by atoms with Gasteiger partial charge < -0.3 is 14.8 Å². The lowest BCUT2D eigenvalue weighted by Crippen LogP contribution is -2.28. The zero-order valence-corrected chi connectivity index (χ0v) is 14.8. The molecular formula is C20H23NO4. The van der Waals surface area contributed by atoms with Crippen LogP contribution in [0.2, 0.25) is 0 Å². The fourth-order valence-corrected chi connectivity index (χ4v) is 2.29. The number of esters is 1. The van der Waals surface area contributed by atoms with Gasteiger partial charge >= 0.3 is 5.97 Å². The fraction of sp³-hybridized carbons (Fsp3) is 0.300. The van der Waals surface area contributed by atoms with Gasteiger partial charge in [-0.15, -0.1) is 0 Å². The highest BCUT2D eigenvalue weighted by molar-refractivity contribution is 5.93. The molecular weight excluding hydrogens is 318 g/mol. The summed E-state index contributed by atoms with van der Waals surface area (Å²) in [6.45, 7) is 6.41. The molecule has 0 bridgehead atoms. The third kappa shape index (κ3) is 5.35. The van der Waals surface area contributed by atoms with Crippen molar-refractivity contribution in [3.63, 3.8) is 0 Å². The van der Waals surface area contributed by atoms with Crippen molar-refractivity contribution in [3.8, 4) is 5.75 Å². The Morgan fingerprint density at radius 2 is 1.80 bits per heavy atom. The van der Waals surface area contributed by atoms with Crippen LogP contribution < -0.4 is 10.1 Å². The molecule has 0 saturated carbocycles. The molecule has 0 unspecified atom stereocenters. The Hall–Kier alpha value is -2.82. The van der Waals surface area contributed by atoms with Crippen LogP contribution in [0.25, 0.3) is 0 Å². The van der Waals surface area contributed by atoms with E-state index < -0.39 is 5.97 Å². The summed E-state index contributed by atoms with van der Waals surface area (Å²) in [7, 11) is 0. The standard InChI is InChI=1S/C20H23NO4/c1-4-24-18-8-6-5-7-17(18)20(23)25-13-19(22)21-12-16-10-9-14(2)15(3)11-16/h5-11H,4,12-13H2,1-3H3,(H,21,22). The second-order valence-electron chi connectivity index (χ2n) is 5.70. The summed E-state index contributed by atoms with van der Waals surface area (Å²) in [5, 5.41) is 2.74. The first kappa shape index (κ1) is 18.5. The van der Waals surface area contributed by atoms with Crippen LogP contribution in [0.5, 0.6) is 5.75 Å². The molecule has 0 aromatic heterocycles. The predicted molar refractivity (Wildman–Crippen MR) is 95.7 cm³/mol. The van der Waals surface area contributed by atoms with Crippen LogP contribution in [-0.4, -0.2) is 25.1 Å². The molecule has 0 atom stereocenters. The maximum absolute atomic E-state index is 12.1. The molecule has 1 amide bonds. The average Bonchev–Trinajstić information content (AvgIpc) is 2.61. The topological polar surface area (TPSA) is 64.6 Å². The van der Waals surface area contributed by atoms with E-state index in [0.717, 1.165) is 5.56 Å². The lowest BCUT2D eigenvalue weighted by molar-refractivity contribution is -0.124.